The third kappa shape index (κ3) is 7.45. The first-order valence-corrected chi connectivity index (χ1v) is 12.5. The summed E-state index contributed by atoms with van der Waals surface area (Å²) in [6.45, 7) is 2.79. The third-order valence-electron chi connectivity index (χ3n) is 6.16. The predicted octanol–water partition coefficient (Wildman–Crippen LogP) is 6.59. The fourth-order valence-corrected chi connectivity index (χ4v) is 4.60. The molecule has 11 heteroatoms. The summed E-state index contributed by atoms with van der Waals surface area (Å²) < 4.78 is 8.01. The zero-order chi connectivity index (χ0) is 25.8. The van der Waals surface area contributed by atoms with Gasteiger partial charge in [0, 0.05) is 48.1 Å². The van der Waals surface area contributed by atoms with Gasteiger partial charge < -0.3 is 14.2 Å². The summed E-state index contributed by atoms with van der Waals surface area (Å²) in [6.07, 6.45) is 3.60. The number of benzene rings is 3. The molecule has 0 aliphatic carbocycles. The highest BCUT2D eigenvalue weighted by Gasteiger charge is 2.26. The van der Waals surface area contributed by atoms with Gasteiger partial charge in [0.15, 0.2) is 0 Å². The summed E-state index contributed by atoms with van der Waals surface area (Å²) in [5.41, 5.74) is 3.22. The van der Waals surface area contributed by atoms with E-state index in [0.29, 0.717) is 53.3 Å². The van der Waals surface area contributed by atoms with Crippen molar-refractivity contribution in [3.8, 4) is 17.6 Å². The van der Waals surface area contributed by atoms with Crippen molar-refractivity contribution in [2.75, 3.05) is 24.5 Å². The number of rotatable bonds is 7. The van der Waals surface area contributed by atoms with Crippen molar-refractivity contribution in [3.05, 3.63) is 106 Å². The van der Waals surface area contributed by atoms with Crippen LogP contribution in [0.5, 0.6) is 11.5 Å². The molecule has 202 valence electrons. The number of amides is 1. The summed E-state index contributed by atoms with van der Waals surface area (Å²) in [6, 6.07) is 22.1. The molecule has 1 fully saturated rings. The van der Waals surface area contributed by atoms with Crippen LogP contribution in [0, 0.1) is 11.3 Å². The van der Waals surface area contributed by atoms with Gasteiger partial charge >= 0.3 is 0 Å². The molecule has 1 amide bonds. The average molecular weight is 605 g/mol. The SMILES string of the molecule is Cl.Cl.N#Cc1ccc(Cn2cncc2CN2CCN(c3cccc(Cl)c3)C(=O)C2)cc1Oc1ccc(Cl)cc1. The minimum atomic E-state index is 0. The molecule has 0 N–H and O–H groups in total. The topological polar surface area (TPSA) is 74.4 Å². The van der Waals surface area contributed by atoms with Gasteiger partial charge in [-0.2, -0.15) is 5.26 Å². The molecule has 3 aromatic carbocycles. The van der Waals surface area contributed by atoms with Crippen LogP contribution in [-0.4, -0.2) is 40.0 Å². The number of piperazine rings is 1. The number of ether oxygens (including phenoxy) is 1. The van der Waals surface area contributed by atoms with E-state index in [2.05, 4.69) is 16.0 Å². The lowest BCUT2D eigenvalue weighted by molar-refractivity contribution is -0.121. The highest BCUT2D eigenvalue weighted by Crippen LogP contribution is 2.28. The van der Waals surface area contributed by atoms with E-state index in [-0.39, 0.29) is 30.7 Å². The number of nitrogens with zero attached hydrogens (tertiary/aromatic N) is 5. The summed E-state index contributed by atoms with van der Waals surface area (Å²) in [7, 11) is 0. The van der Waals surface area contributed by atoms with Gasteiger partial charge in [0.25, 0.3) is 0 Å². The van der Waals surface area contributed by atoms with E-state index in [1.54, 1.807) is 47.6 Å². The molecule has 5 rings (SSSR count). The number of anilines is 1. The zero-order valence-electron chi connectivity index (χ0n) is 20.7. The predicted molar refractivity (Wildman–Crippen MR) is 158 cm³/mol. The number of nitriles is 1. The maximum atomic E-state index is 12.9. The Kier molecular flexibility index (Phi) is 10.6. The summed E-state index contributed by atoms with van der Waals surface area (Å²) in [5, 5.41) is 10.8. The molecule has 0 bridgehead atoms. The van der Waals surface area contributed by atoms with E-state index in [1.165, 1.54) is 0 Å². The average Bonchev–Trinajstić information content (AvgIpc) is 3.32. The molecule has 0 unspecified atom stereocenters. The Labute approximate surface area is 249 Å². The highest BCUT2D eigenvalue weighted by molar-refractivity contribution is 6.31. The van der Waals surface area contributed by atoms with E-state index in [0.717, 1.165) is 23.5 Å². The molecule has 0 saturated carbocycles. The number of carbonyl (C=O) groups is 1. The van der Waals surface area contributed by atoms with Gasteiger partial charge in [-0.05, 0) is 60.2 Å². The fraction of sp³-hybridized carbons (Fsp3) is 0.179. The van der Waals surface area contributed by atoms with Crippen LogP contribution in [0.25, 0.3) is 0 Å². The summed E-state index contributed by atoms with van der Waals surface area (Å²) in [5.74, 6) is 1.12. The lowest BCUT2D eigenvalue weighted by Gasteiger charge is -2.34. The van der Waals surface area contributed by atoms with Gasteiger partial charge in [-0.1, -0.05) is 35.3 Å². The summed E-state index contributed by atoms with van der Waals surface area (Å²) >= 11 is 12.1. The minimum absolute atomic E-state index is 0. The second-order valence-electron chi connectivity index (χ2n) is 8.75. The molecule has 0 spiro atoms. The van der Waals surface area contributed by atoms with Crippen LogP contribution < -0.4 is 9.64 Å². The van der Waals surface area contributed by atoms with Crippen LogP contribution in [0.15, 0.2) is 79.3 Å². The largest absolute Gasteiger partial charge is 0.456 e. The molecular weight excluding hydrogens is 580 g/mol. The maximum Gasteiger partial charge on any atom is 0.241 e. The van der Waals surface area contributed by atoms with Crippen molar-refractivity contribution in [2.45, 2.75) is 13.1 Å². The van der Waals surface area contributed by atoms with Crippen molar-refractivity contribution in [1.82, 2.24) is 14.5 Å². The van der Waals surface area contributed by atoms with Crippen molar-refractivity contribution in [1.29, 1.82) is 5.26 Å². The second kappa shape index (κ2) is 13.7. The number of hydrogen-bond acceptors (Lipinski definition) is 5. The first kappa shape index (κ1) is 30.3. The second-order valence-corrected chi connectivity index (χ2v) is 9.62. The van der Waals surface area contributed by atoms with E-state index < -0.39 is 0 Å². The molecule has 4 aromatic rings. The van der Waals surface area contributed by atoms with Crippen LogP contribution in [0.1, 0.15) is 16.8 Å². The minimum Gasteiger partial charge on any atom is -0.456 e. The van der Waals surface area contributed by atoms with Crippen molar-refractivity contribution in [3.63, 3.8) is 0 Å². The van der Waals surface area contributed by atoms with Gasteiger partial charge in [-0.3, -0.25) is 9.69 Å². The first-order chi connectivity index (χ1) is 18.0. The molecule has 1 aliphatic rings. The Hall–Kier alpha value is -3.25. The quantitative estimate of drug-likeness (QED) is 0.238. The Morgan fingerprint density at radius 3 is 2.46 bits per heavy atom. The van der Waals surface area contributed by atoms with Crippen LogP contribution in [0.3, 0.4) is 0 Å². The van der Waals surface area contributed by atoms with E-state index >= 15 is 0 Å². The normalized spacial score (nSPS) is 13.3. The zero-order valence-corrected chi connectivity index (χ0v) is 23.8. The highest BCUT2D eigenvalue weighted by atomic mass is 35.5. The molecule has 39 heavy (non-hydrogen) atoms. The number of aromatic nitrogens is 2. The van der Waals surface area contributed by atoms with Crippen LogP contribution in [-0.2, 0) is 17.9 Å². The van der Waals surface area contributed by atoms with Gasteiger partial charge in [-0.15, -0.1) is 24.8 Å². The van der Waals surface area contributed by atoms with E-state index in [4.69, 9.17) is 27.9 Å². The monoisotopic (exact) mass is 603 g/mol. The van der Waals surface area contributed by atoms with Crippen LogP contribution >= 0.6 is 48.0 Å². The molecule has 0 atom stereocenters. The first-order valence-electron chi connectivity index (χ1n) is 11.7. The molecule has 0 radical (unpaired) electrons. The van der Waals surface area contributed by atoms with Crippen LogP contribution in [0.4, 0.5) is 5.69 Å². The van der Waals surface area contributed by atoms with Gasteiger partial charge in [0.2, 0.25) is 5.91 Å². The van der Waals surface area contributed by atoms with Crippen molar-refractivity contribution < 1.29 is 9.53 Å². The Morgan fingerprint density at radius 2 is 1.74 bits per heavy atom. The van der Waals surface area contributed by atoms with Crippen LogP contribution in [0.2, 0.25) is 10.0 Å². The van der Waals surface area contributed by atoms with Gasteiger partial charge in [0.1, 0.15) is 17.6 Å². The van der Waals surface area contributed by atoms with Crippen molar-refractivity contribution in [2.24, 2.45) is 0 Å². The van der Waals surface area contributed by atoms with Crippen molar-refractivity contribution >= 4 is 59.6 Å². The Bertz CT molecular complexity index is 1470. The van der Waals surface area contributed by atoms with E-state index in [9.17, 15) is 10.1 Å². The maximum absolute atomic E-state index is 12.9. The van der Waals surface area contributed by atoms with Gasteiger partial charge in [0.05, 0.1) is 24.1 Å². The Morgan fingerprint density at radius 1 is 0.949 bits per heavy atom. The standard InChI is InChI=1S/C28H23Cl2N5O2.2ClH/c29-22-6-8-26(9-7-22)37-27-12-20(4-5-21(27)14-31)16-34-19-32-15-25(34)17-33-10-11-35(28(36)18-33)24-3-1-2-23(30)13-24;;/h1-9,12-13,15,19H,10-11,16-18H2;2*1H. The Balaban J connectivity index is 0.00000210. The fourth-order valence-electron chi connectivity index (χ4n) is 4.29. The smallest absolute Gasteiger partial charge is 0.241 e. The lowest BCUT2D eigenvalue weighted by Crippen LogP contribution is -2.50. The van der Waals surface area contributed by atoms with E-state index in [1.807, 2.05) is 41.1 Å². The molecule has 1 aromatic heterocycles. The number of hydrogen-bond donors (Lipinski definition) is 0. The van der Waals surface area contributed by atoms with Gasteiger partial charge in [-0.25, -0.2) is 4.98 Å². The molecule has 1 saturated heterocycles. The lowest BCUT2D eigenvalue weighted by atomic mass is 10.1. The number of imidazole rings is 1. The number of carbonyl (C=O) groups excluding carboxylic acids is 1. The molecule has 7 nitrogen and oxygen atoms in total. The molecule has 1 aliphatic heterocycles. The molecular formula is C28H25Cl4N5O2. The summed E-state index contributed by atoms with van der Waals surface area (Å²) in [4.78, 5) is 21.1. The molecule has 2 heterocycles. The number of halogens is 4. The third-order valence-corrected chi connectivity index (χ3v) is 6.65.